The number of hydrogen-bond donors (Lipinski definition) is 0. The highest BCUT2D eigenvalue weighted by molar-refractivity contribution is 5.73. The monoisotopic (exact) mass is 381 g/mol. The third-order valence-electron chi connectivity index (χ3n) is 5.83. The molecule has 7 heteroatoms. The predicted molar refractivity (Wildman–Crippen MR) is 109 cm³/mol. The minimum atomic E-state index is 0.0153. The van der Waals surface area contributed by atoms with E-state index in [4.69, 9.17) is 0 Å². The van der Waals surface area contributed by atoms with Gasteiger partial charge in [0, 0.05) is 69.6 Å². The molecule has 2 aliphatic heterocycles. The summed E-state index contributed by atoms with van der Waals surface area (Å²) in [5.74, 6) is 1.31. The van der Waals surface area contributed by atoms with Crippen molar-refractivity contribution in [3.05, 3.63) is 39.9 Å². The number of fused-ring (bicyclic) bond motifs is 4. The largest absolute Gasteiger partial charge is 0.347 e. The van der Waals surface area contributed by atoms with Crippen LogP contribution < -0.4 is 10.5 Å². The van der Waals surface area contributed by atoms with Crippen molar-refractivity contribution in [1.82, 2.24) is 19.4 Å². The normalized spacial score (nSPS) is 20.6. The van der Waals surface area contributed by atoms with Crippen LogP contribution in [0.2, 0.25) is 0 Å². The number of piperidine rings is 1. The molecule has 148 valence electrons. The second-order valence-corrected chi connectivity index (χ2v) is 8.13. The fraction of sp³-hybridized carbons (Fsp3) is 0.524. The van der Waals surface area contributed by atoms with E-state index in [1.54, 1.807) is 13.0 Å². The average molecular weight is 381 g/mol. The molecule has 1 saturated heterocycles. The van der Waals surface area contributed by atoms with Crippen LogP contribution in [0.1, 0.15) is 37.6 Å². The van der Waals surface area contributed by atoms with Gasteiger partial charge in [0.15, 0.2) is 0 Å². The van der Waals surface area contributed by atoms with Crippen LogP contribution >= 0.6 is 0 Å². The van der Waals surface area contributed by atoms with Crippen molar-refractivity contribution in [3.8, 4) is 11.3 Å². The number of aryl methyl sites for hydroxylation is 1. The summed E-state index contributed by atoms with van der Waals surface area (Å²) in [6.07, 6.45) is 1.83. The van der Waals surface area contributed by atoms with Crippen molar-refractivity contribution < 1.29 is 4.79 Å². The van der Waals surface area contributed by atoms with Gasteiger partial charge in [-0.1, -0.05) is 6.92 Å². The van der Waals surface area contributed by atoms with Gasteiger partial charge in [-0.15, -0.1) is 0 Å². The number of rotatable bonds is 3. The zero-order valence-electron chi connectivity index (χ0n) is 17.0. The molecule has 4 heterocycles. The van der Waals surface area contributed by atoms with Crippen LogP contribution in [-0.2, 0) is 17.8 Å². The third kappa shape index (κ3) is 3.30. The Hall–Kier alpha value is -2.70. The van der Waals surface area contributed by atoms with Gasteiger partial charge >= 0.3 is 0 Å². The van der Waals surface area contributed by atoms with Crippen LogP contribution in [0.25, 0.3) is 11.3 Å². The Morgan fingerprint density at radius 3 is 2.64 bits per heavy atom. The maximum atomic E-state index is 12.9. The van der Waals surface area contributed by atoms with Gasteiger partial charge in [0.2, 0.25) is 11.9 Å². The van der Waals surface area contributed by atoms with Gasteiger partial charge in [0.25, 0.3) is 5.56 Å². The summed E-state index contributed by atoms with van der Waals surface area (Å²) in [5.41, 5.74) is 3.59. The van der Waals surface area contributed by atoms with Crippen molar-refractivity contribution in [2.24, 2.45) is 5.92 Å². The highest BCUT2D eigenvalue weighted by atomic mass is 16.2. The molecule has 28 heavy (non-hydrogen) atoms. The van der Waals surface area contributed by atoms with Gasteiger partial charge in [0.1, 0.15) is 0 Å². The topological polar surface area (TPSA) is 71.3 Å². The summed E-state index contributed by atoms with van der Waals surface area (Å²) in [6, 6.07) is 5.74. The first-order valence-corrected chi connectivity index (χ1v) is 9.91. The minimum absolute atomic E-state index is 0.0153. The van der Waals surface area contributed by atoms with Crippen molar-refractivity contribution in [3.63, 3.8) is 0 Å². The molecule has 0 aromatic carbocycles. The van der Waals surface area contributed by atoms with E-state index in [1.807, 2.05) is 34.5 Å². The molecular formula is C21H27N5O2. The smallest absolute Gasteiger partial charge is 0.251 e. The number of aromatic nitrogens is 3. The summed E-state index contributed by atoms with van der Waals surface area (Å²) >= 11 is 0. The van der Waals surface area contributed by atoms with E-state index < -0.39 is 0 Å². The lowest BCUT2D eigenvalue weighted by Gasteiger charge is -2.42. The van der Waals surface area contributed by atoms with Gasteiger partial charge in [-0.3, -0.25) is 9.59 Å². The molecule has 2 atom stereocenters. The van der Waals surface area contributed by atoms with E-state index in [-0.39, 0.29) is 17.4 Å². The third-order valence-corrected chi connectivity index (χ3v) is 5.83. The van der Waals surface area contributed by atoms with Crippen LogP contribution in [0.5, 0.6) is 0 Å². The molecule has 7 nitrogen and oxygen atoms in total. The summed E-state index contributed by atoms with van der Waals surface area (Å²) < 4.78 is 1.90. The van der Waals surface area contributed by atoms with E-state index >= 15 is 0 Å². The summed E-state index contributed by atoms with van der Waals surface area (Å²) in [5, 5.41) is 0. The Balaban J connectivity index is 1.79. The van der Waals surface area contributed by atoms with Crippen molar-refractivity contribution in [1.29, 1.82) is 0 Å². The Morgan fingerprint density at radius 1 is 1.18 bits per heavy atom. The number of amides is 1. The maximum Gasteiger partial charge on any atom is 0.251 e. The van der Waals surface area contributed by atoms with Crippen molar-refractivity contribution in [2.45, 2.75) is 39.2 Å². The molecule has 0 aliphatic carbocycles. The van der Waals surface area contributed by atoms with Crippen molar-refractivity contribution in [2.75, 3.05) is 32.1 Å². The first-order valence-electron chi connectivity index (χ1n) is 9.91. The molecule has 1 fully saturated rings. The maximum absolute atomic E-state index is 12.9. The molecule has 0 spiro atoms. The van der Waals surface area contributed by atoms with E-state index in [0.717, 1.165) is 42.0 Å². The number of carbonyl (C=O) groups is 1. The van der Waals surface area contributed by atoms with Crippen LogP contribution in [0.15, 0.2) is 23.0 Å². The van der Waals surface area contributed by atoms with Gasteiger partial charge < -0.3 is 14.4 Å². The number of nitrogens with zero attached hydrogens (tertiary/aromatic N) is 5. The molecule has 4 rings (SSSR count). The fourth-order valence-corrected chi connectivity index (χ4v) is 4.38. The zero-order valence-corrected chi connectivity index (χ0v) is 17.0. The number of anilines is 1. The average Bonchev–Trinajstić information content (AvgIpc) is 2.68. The van der Waals surface area contributed by atoms with Crippen LogP contribution in [0, 0.1) is 5.92 Å². The predicted octanol–water partition coefficient (Wildman–Crippen LogP) is 1.90. The number of likely N-dealkylation sites (tertiary alicyclic amines) is 1. The molecule has 1 amide bonds. The molecular weight excluding hydrogens is 354 g/mol. The molecule has 2 bridgehead atoms. The van der Waals surface area contributed by atoms with E-state index in [1.165, 1.54) is 0 Å². The second kappa shape index (κ2) is 7.04. The lowest BCUT2D eigenvalue weighted by atomic mass is 9.82. The molecule has 0 N–H and O–H groups in total. The lowest BCUT2D eigenvalue weighted by molar-refractivity contribution is -0.131. The minimum Gasteiger partial charge on any atom is -0.347 e. The standard InChI is InChI=1S/C21H27N5O2/c1-5-17-9-18(23-21(22-17)24(3)4)15-7-19-16-6-14(10-25(12-16)13(2)27)11-26(19)20(28)8-15/h7-9,14,16H,5-6,10-12H2,1-4H3/t14-,16+/m0/s1. The number of pyridine rings is 1. The first kappa shape index (κ1) is 18.7. The molecule has 0 unspecified atom stereocenters. The van der Waals surface area contributed by atoms with E-state index in [0.29, 0.717) is 25.0 Å². The van der Waals surface area contributed by atoms with Crippen LogP contribution in [0.3, 0.4) is 0 Å². The molecule has 0 radical (unpaired) electrons. The number of hydrogen-bond acceptors (Lipinski definition) is 5. The quantitative estimate of drug-likeness (QED) is 0.812. The summed E-state index contributed by atoms with van der Waals surface area (Å²) in [4.78, 5) is 37.8. The Kier molecular flexibility index (Phi) is 4.69. The summed E-state index contributed by atoms with van der Waals surface area (Å²) in [6.45, 7) is 5.80. The summed E-state index contributed by atoms with van der Waals surface area (Å²) in [7, 11) is 3.83. The molecule has 2 aromatic rings. The highest BCUT2D eigenvalue weighted by Gasteiger charge is 2.35. The second-order valence-electron chi connectivity index (χ2n) is 8.13. The lowest BCUT2D eigenvalue weighted by Crippen LogP contribution is -2.48. The molecule has 2 aliphatic rings. The Bertz CT molecular complexity index is 981. The SMILES string of the molecule is CCc1cc(-c2cc3n(c(=O)c2)C[C@H]2C[C@@H]3CN(C(C)=O)C2)nc(N(C)C)n1. The highest BCUT2D eigenvalue weighted by Crippen LogP contribution is 2.36. The van der Waals surface area contributed by atoms with Crippen LogP contribution in [0.4, 0.5) is 5.95 Å². The van der Waals surface area contributed by atoms with Crippen molar-refractivity contribution >= 4 is 11.9 Å². The first-order chi connectivity index (χ1) is 13.4. The number of carbonyl (C=O) groups excluding carboxylic acids is 1. The Morgan fingerprint density at radius 2 is 1.96 bits per heavy atom. The van der Waals surface area contributed by atoms with Crippen LogP contribution in [-0.4, -0.2) is 52.5 Å². The zero-order chi connectivity index (χ0) is 20.0. The van der Waals surface area contributed by atoms with E-state index in [2.05, 4.69) is 23.0 Å². The molecule has 2 aromatic heterocycles. The van der Waals surface area contributed by atoms with Gasteiger partial charge in [-0.25, -0.2) is 9.97 Å². The van der Waals surface area contributed by atoms with Gasteiger partial charge in [-0.05, 0) is 30.9 Å². The van der Waals surface area contributed by atoms with E-state index in [9.17, 15) is 9.59 Å². The molecule has 0 saturated carbocycles. The van der Waals surface area contributed by atoms with Gasteiger partial charge in [-0.2, -0.15) is 0 Å². The van der Waals surface area contributed by atoms with Gasteiger partial charge in [0.05, 0.1) is 5.69 Å². The fourth-order valence-electron chi connectivity index (χ4n) is 4.38. The Labute approximate surface area is 165 Å².